The Balaban J connectivity index is 2.99. The second kappa shape index (κ2) is 5.14. The highest BCUT2D eigenvalue weighted by atomic mass is 32.2. The van der Waals surface area contributed by atoms with Crippen LogP contribution in [0.15, 0.2) is 23.1 Å². The molecule has 1 aromatic carbocycles. The van der Waals surface area contributed by atoms with E-state index >= 15 is 0 Å². The van der Waals surface area contributed by atoms with Crippen LogP contribution in [-0.2, 0) is 4.79 Å². The van der Waals surface area contributed by atoms with E-state index in [9.17, 15) is 9.18 Å². The van der Waals surface area contributed by atoms with Gasteiger partial charge < -0.3 is 10.8 Å². The van der Waals surface area contributed by atoms with E-state index in [2.05, 4.69) is 0 Å². The topological polar surface area (TPSA) is 63.3 Å². The first-order valence-electron chi connectivity index (χ1n) is 4.35. The van der Waals surface area contributed by atoms with Gasteiger partial charge in [-0.2, -0.15) is 0 Å². The zero-order chi connectivity index (χ0) is 11.4. The standard InChI is InChI=1S/C10H12FNO2S/c1-15-9-3-2-6(11)4-7(9)8(12)5-10(13)14/h2-4,8H,5,12H2,1H3,(H,13,14). The monoisotopic (exact) mass is 229 g/mol. The Labute approximate surface area is 91.5 Å². The molecule has 82 valence electrons. The normalized spacial score (nSPS) is 12.5. The first kappa shape index (κ1) is 12.0. The molecule has 0 aliphatic rings. The maximum absolute atomic E-state index is 13.0. The van der Waals surface area contributed by atoms with Gasteiger partial charge in [-0.25, -0.2) is 4.39 Å². The van der Waals surface area contributed by atoms with Crippen molar-refractivity contribution in [3.05, 3.63) is 29.6 Å². The molecule has 3 N–H and O–H groups in total. The fourth-order valence-corrected chi connectivity index (χ4v) is 1.94. The number of carboxylic acids is 1. The van der Waals surface area contributed by atoms with Gasteiger partial charge in [-0.1, -0.05) is 0 Å². The van der Waals surface area contributed by atoms with E-state index in [4.69, 9.17) is 10.8 Å². The number of nitrogens with two attached hydrogens (primary N) is 1. The summed E-state index contributed by atoms with van der Waals surface area (Å²) in [5.41, 5.74) is 6.23. The number of hydrogen-bond donors (Lipinski definition) is 2. The summed E-state index contributed by atoms with van der Waals surface area (Å²) in [5.74, 6) is -1.39. The lowest BCUT2D eigenvalue weighted by Gasteiger charge is -2.13. The number of carboxylic acid groups (broad SMARTS) is 1. The van der Waals surface area contributed by atoms with Gasteiger partial charge in [0.15, 0.2) is 0 Å². The van der Waals surface area contributed by atoms with Crippen LogP contribution >= 0.6 is 11.8 Å². The molecule has 1 rings (SSSR count). The Morgan fingerprint density at radius 2 is 2.33 bits per heavy atom. The Hall–Kier alpha value is -1.07. The summed E-state index contributed by atoms with van der Waals surface area (Å²) in [6.45, 7) is 0. The lowest BCUT2D eigenvalue weighted by Crippen LogP contribution is -2.16. The predicted octanol–water partition coefficient (Wildman–Crippen LogP) is 2.02. The third-order valence-electron chi connectivity index (χ3n) is 1.99. The number of aliphatic carboxylic acids is 1. The molecular weight excluding hydrogens is 217 g/mol. The van der Waals surface area contributed by atoms with Crippen LogP contribution in [0.1, 0.15) is 18.0 Å². The molecule has 0 aliphatic carbocycles. The van der Waals surface area contributed by atoms with Crippen molar-refractivity contribution in [1.29, 1.82) is 0 Å². The predicted molar refractivity (Wildman–Crippen MR) is 57.4 cm³/mol. The highest BCUT2D eigenvalue weighted by molar-refractivity contribution is 7.98. The Kier molecular flexibility index (Phi) is 4.11. The van der Waals surface area contributed by atoms with Crippen LogP contribution in [0, 0.1) is 5.82 Å². The third-order valence-corrected chi connectivity index (χ3v) is 2.80. The molecular formula is C10H12FNO2S. The molecule has 0 saturated carbocycles. The maximum Gasteiger partial charge on any atom is 0.305 e. The Bertz CT molecular complexity index is 370. The van der Waals surface area contributed by atoms with Crippen molar-refractivity contribution < 1.29 is 14.3 Å². The van der Waals surface area contributed by atoms with Gasteiger partial charge in [0.2, 0.25) is 0 Å². The summed E-state index contributed by atoms with van der Waals surface area (Å²) in [6.07, 6.45) is 1.64. The summed E-state index contributed by atoms with van der Waals surface area (Å²) in [4.78, 5) is 11.3. The molecule has 0 bridgehead atoms. The van der Waals surface area contributed by atoms with Crippen molar-refractivity contribution in [2.24, 2.45) is 5.73 Å². The Morgan fingerprint density at radius 3 is 2.87 bits per heavy atom. The average molecular weight is 229 g/mol. The molecule has 1 unspecified atom stereocenters. The minimum absolute atomic E-state index is 0.197. The van der Waals surface area contributed by atoms with E-state index in [1.54, 1.807) is 6.07 Å². The van der Waals surface area contributed by atoms with E-state index in [0.29, 0.717) is 5.56 Å². The molecule has 15 heavy (non-hydrogen) atoms. The number of halogens is 1. The van der Waals surface area contributed by atoms with E-state index in [0.717, 1.165) is 4.90 Å². The van der Waals surface area contributed by atoms with Gasteiger partial charge >= 0.3 is 5.97 Å². The van der Waals surface area contributed by atoms with Crippen molar-refractivity contribution in [3.63, 3.8) is 0 Å². The summed E-state index contributed by atoms with van der Waals surface area (Å²) in [6, 6.07) is 3.57. The molecule has 0 radical (unpaired) electrons. The largest absolute Gasteiger partial charge is 0.481 e. The first-order valence-corrected chi connectivity index (χ1v) is 5.58. The summed E-state index contributed by atoms with van der Waals surface area (Å²) in [5, 5.41) is 8.60. The summed E-state index contributed by atoms with van der Waals surface area (Å²) < 4.78 is 13.0. The van der Waals surface area contributed by atoms with Crippen LogP contribution in [0.4, 0.5) is 4.39 Å². The second-order valence-corrected chi connectivity index (χ2v) is 3.94. The van der Waals surface area contributed by atoms with E-state index < -0.39 is 17.8 Å². The van der Waals surface area contributed by atoms with E-state index in [1.165, 1.54) is 23.9 Å². The van der Waals surface area contributed by atoms with Crippen molar-refractivity contribution >= 4 is 17.7 Å². The van der Waals surface area contributed by atoms with Gasteiger partial charge in [0.1, 0.15) is 5.82 Å². The van der Waals surface area contributed by atoms with Crippen molar-refractivity contribution in [2.45, 2.75) is 17.4 Å². The highest BCUT2D eigenvalue weighted by Crippen LogP contribution is 2.27. The molecule has 0 aliphatic heterocycles. The van der Waals surface area contributed by atoms with Crippen molar-refractivity contribution in [3.8, 4) is 0 Å². The Morgan fingerprint density at radius 1 is 1.67 bits per heavy atom. The quantitative estimate of drug-likeness (QED) is 0.775. The van der Waals surface area contributed by atoms with Gasteiger partial charge in [-0.15, -0.1) is 11.8 Å². The number of hydrogen-bond acceptors (Lipinski definition) is 3. The number of rotatable bonds is 4. The summed E-state index contributed by atoms with van der Waals surface area (Å²) >= 11 is 1.42. The zero-order valence-electron chi connectivity index (χ0n) is 8.24. The first-order chi connectivity index (χ1) is 7.04. The van der Waals surface area contributed by atoms with Crippen LogP contribution in [0.5, 0.6) is 0 Å². The second-order valence-electron chi connectivity index (χ2n) is 3.09. The average Bonchev–Trinajstić information content (AvgIpc) is 2.16. The van der Waals surface area contributed by atoms with E-state index in [1.807, 2.05) is 6.26 Å². The number of thioether (sulfide) groups is 1. The van der Waals surface area contributed by atoms with Crippen molar-refractivity contribution in [1.82, 2.24) is 0 Å². The minimum Gasteiger partial charge on any atom is -0.481 e. The van der Waals surface area contributed by atoms with Gasteiger partial charge in [0.05, 0.1) is 6.42 Å². The van der Waals surface area contributed by atoms with Gasteiger partial charge in [0.25, 0.3) is 0 Å². The van der Waals surface area contributed by atoms with Gasteiger partial charge in [0, 0.05) is 10.9 Å². The van der Waals surface area contributed by atoms with Gasteiger partial charge in [-0.3, -0.25) is 4.79 Å². The minimum atomic E-state index is -0.987. The van der Waals surface area contributed by atoms with Crippen LogP contribution in [0.25, 0.3) is 0 Å². The zero-order valence-corrected chi connectivity index (χ0v) is 9.05. The molecule has 5 heteroatoms. The lowest BCUT2D eigenvalue weighted by molar-refractivity contribution is -0.137. The SMILES string of the molecule is CSc1ccc(F)cc1C(N)CC(=O)O. The molecule has 0 aromatic heterocycles. The van der Waals surface area contributed by atoms with Crippen molar-refractivity contribution in [2.75, 3.05) is 6.26 Å². The molecule has 0 heterocycles. The molecule has 0 spiro atoms. The maximum atomic E-state index is 13.0. The third kappa shape index (κ3) is 3.21. The number of benzene rings is 1. The smallest absolute Gasteiger partial charge is 0.305 e. The van der Waals surface area contributed by atoms with Crippen LogP contribution in [0.2, 0.25) is 0 Å². The molecule has 0 amide bonds. The lowest BCUT2D eigenvalue weighted by atomic mass is 10.0. The van der Waals surface area contributed by atoms with Crippen LogP contribution in [0.3, 0.4) is 0 Å². The highest BCUT2D eigenvalue weighted by Gasteiger charge is 2.14. The molecule has 1 aromatic rings. The fraction of sp³-hybridized carbons (Fsp3) is 0.300. The fourth-order valence-electron chi connectivity index (χ4n) is 1.29. The number of carbonyl (C=O) groups is 1. The summed E-state index contributed by atoms with van der Waals surface area (Å²) in [7, 11) is 0. The molecule has 1 atom stereocenters. The van der Waals surface area contributed by atoms with E-state index in [-0.39, 0.29) is 6.42 Å². The van der Waals surface area contributed by atoms with Gasteiger partial charge in [-0.05, 0) is 30.0 Å². The molecule has 0 fully saturated rings. The molecule has 0 saturated heterocycles. The van der Waals surface area contributed by atoms with Crippen LogP contribution < -0.4 is 5.73 Å². The van der Waals surface area contributed by atoms with Crippen LogP contribution in [-0.4, -0.2) is 17.3 Å². The molecule has 3 nitrogen and oxygen atoms in total.